The van der Waals surface area contributed by atoms with E-state index in [0.717, 1.165) is 35.5 Å². The van der Waals surface area contributed by atoms with E-state index < -0.39 is 5.60 Å². The summed E-state index contributed by atoms with van der Waals surface area (Å²) >= 11 is 0. The summed E-state index contributed by atoms with van der Waals surface area (Å²) in [7, 11) is 0. The third-order valence-corrected chi connectivity index (χ3v) is 6.67. The van der Waals surface area contributed by atoms with E-state index in [2.05, 4.69) is 15.8 Å². The number of carbonyl (C=O) groups excluding carboxylic acids is 1. The quantitative estimate of drug-likeness (QED) is 0.717. The Kier molecular flexibility index (Phi) is 4.52. The van der Waals surface area contributed by atoms with Crippen molar-refractivity contribution < 1.29 is 13.9 Å². The van der Waals surface area contributed by atoms with Gasteiger partial charge in [-0.2, -0.15) is 0 Å². The number of hydrogen-bond acceptors (Lipinski definition) is 4. The second kappa shape index (κ2) is 7.10. The fraction of sp³-hybridized carbons (Fsp3) is 0.417. The Bertz CT molecular complexity index is 1040. The fourth-order valence-electron chi connectivity index (χ4n) is 5.06. The summed E-state index contributed by atoms with van der Waals surface area (Å²) in [5.74, 6) is 3.29. The first-order valence-electron chi connectivity index (χ1n) is 10.5. The summed E-state index contributed by atoms with van der Waals surface area (Å²) in [5.41, 5.74) is 1.70. The number of nitrogens with zero attached hydrogens (tertiary/aromatic N) is 3. The summed E-state index contributed by atoms with van der Waals surface area (Å²) in [6.07, 6.45) is 8.10. The normalized spacial score (nSPS) is 24.9. The van der Waals surface area contributed by atoms with Gasteiger partial charge in [-0.15, -0.1) is 6.42 Å². The van der Waals surface area contributed by atoms with Gasteiger partial charge in [0.2, 0.25) is 0 Å². The number of ether oxygens (including phenoxy) is 1. The highest BCUT2D eigenvalue weighted by atomic mass is 19.1. The molecule has 154 valence electrons. The third kappa shape index (κ3) is 2.96. The van der Waals surface area contributed by atoms with Crippen LogP contribution in [0.1, 0.15) is 48.5 Å². The molecule has 30 heavy (non-hydrogen) atoms. The summed E-state index contributed by atoms with van der Waals surface area (Å²) in [6.45, 7) is 3.30. The van der Waals surface area contributed by atoms with Crippen LogP contribution in [0, 0.1) is 25.1 Å². The number of piperidine rings is 1. The number of rotatable bonds is 2. The summed E-state index contributed by atoms with van der Waals surface area (Å²) in [5, 5.41) is 0. The zero-order valence-electron chi connectivity index (χ0n) is 17.0. The Hall–Kier alpha value is -2.91. The fourth-order valence-corrected chi connectivity index (χ4v) is 5.06. The molecule has 5 rings (SSSR count). The van der Waals surface area contributed by atoms with Crippen molar-refractivity contribution in [1.82, 2.24) is 9.88 Å². The molecule has 0 N–H and O–H groups in total. The molecule has 1 spiro atoms. The maximum atomic E-state index is 13.7. The number of carbonyl (C=O) groups is 1. The van der Waals surface area contributed by atoms with Crippen LogP contribution in [0.15, 0.2) is 36.4 Å². The molecule has 5 nitrogen and oxygen atoms in total. The van der Waals surface area contributed by atoms with Crippen LogP contribution in [-0.4, -0.2) is 40.7 Å². The van der Waals surface area contributed by atoms with Gasteiger partial charge in [-0.05, 0) is 49.6 Å². The van der Waals surface area contributed by atoms with Gasteiger partial charge in [-0.3, -0.25) is 4.79 Å². The Morgan fingerprint density at radius 3 is 2.73 bits per heavy atom. The number of aryl methyl sites for hydroxylation is 1. The van der Waals surface area contributed by atoms with Gasteiger partial charge in [0.25, 0.3) is 5.91 Å². The largest absolute Gasteiger partial charge is 0.356 e. The minimum Gasteiger partial charge on any atom is -0.356 e. The molecular formula is C24H24FN3O2. The Balaban J connectivity index is 1.32. The van der Waals surface area contributed by atoms with Crippen molar-refractivity contribution in [2.24, 2.45) is 0 Å². The highest BCUT2D eigenvalue weighted by Crippen LogP contribution is 2.47. The molecule has 0 aliphatic carbocycles. The first kappa shape index (κ1) is 19.1. The molecule has 1 aromatic carbocycles. The third-order valence-electron chi connectivity index (χ3n) is 6.67. The van der Waals surface area contributed by atoms with Crippen molar-refractivity contribution in [2.45, 2.75) is 50.5 Å². The maximum Gasteiger partial charge on any atom is 0.257 e. The van der Waals surface area contributed by atoms with Gasteiger partial charge < -0.3 is 14.5 Å². The monoisotopic (exact) mass is 405 g/mol. The molecule has 1 amide bonds. The second-order valence-electron chi connectivity index (χ2n) is 8.36. The van der Waals surface area contributed by atoms with Crippen molar-refractivity contribution in [1.29, 1.82) is 0 Å². The summed E-state index contributed by atoms with van der Waals surface area (Å²) < 4.78 is 20.1. The van der Waals surface area contributed by atoms with Crippen molar-refractivity contribution in [3.8, 4) is 12.3 Å². The van der Waals surface area contributed by atoms with Gasteiger partial charge in [0.05, 0.1) is 11.7 Å². The Morgan fingerprint density at radius 1 is 1.23 bits per heavy atom. The number of amides is 1. The number of fused-ring (bicyclic) bond motifs is 1. The van der Waals surface area contributed by atoms with Gasteiger partial charge in [-0.25, -0.2) is 9.37 Å². The topological polar surface area (TPSA) is 45.7 Å². The van der Waals surface area contributed by atoms with E-state index in [4.69, 9.17) is 11.2 Å². The lowest BCUT2D eigenvalue weighted by molar-refractivity contribution is -0.140. The molecule has 4 heterocycles. The number of aromatic nitrogens is 1. The Labute approximate surface area is 175 Å². The van der Waals surface area contributed by atoms with Crippen molar-refractivity contribution in [3.05, 3.63) is 59.0 Å². The number of benzene rings is 1. The first-order chi connectivity index (χ1) is 14.5. The summed E-state index contributed by atoms with van der Waals surface area (Å²) in [6, 6.07) is 10.3. The molecule has 2 aromatic rings. The molecule has 0 radical (unpaired) electrons. The van der Waals surface area contributed by atoms with Gasteiger partial charge in [-0.1, -0.05) is 18.1 Å². The number of anilines is 1. The number of pyridine rings is 1. The van der Waals surface area contributed by atoms with Gasteiger partial charge in [0.15, 0.2) is 5.60 Å². The molecule has 6 heteroatoms. The molecule has 2 atom stereocenters. The van der Waals surface area contributed by atoms with E-state index in [1.807, 2.05) is 30.0 Å². The van der Waals surface area contributed by atoms with Crippen LogP contribution in [0.4, 0.5) is 10.2 Å². The molecule has 3 fully saturated rings. The summed E-state index contributed by atoms with van der Waals surface area (Å²) in [4.78, 5) is 22.1. The van der Waals surface area contributed by atoms with Gasteiger partial charge in [0, 0.05) is 31.5 Å². The molecule has 3 aliphatic rings. The van der Waals surface area contributed by atoms with E-state index >= 15 is 0 Å². The number of terminal acetylenes is 1. The van der Waals surface area contributed by atoms with E-state index in [1.54, 1.807) is 6.07 Å². The SMILES string of the molecule is C#Cc1ccc(N2CCC3(CC2)O[C@@H]2CC[C@@H](c4cccc(F)c4)N2C3=O)nc1C. The van der Waals surface area contributed by atoms with Crippen LogP contribution in [0.25, 0.3) is 0 Å². The van der Waals surface area contributed by atoms with E-state index in [1.165, 1.54) is 12.1 Å². The molecule has 0 saturated carbocycles. The molecule has 3 saturated heterocycles. The second-order valence-corrected chi connectivity index (χ2v) is 8.36. The molecule has 0 unspecified atom stereocenters. The first-order valence-corrected chi connectivity index (χ1v) is 10.5. The van der Waals surface area contributed by atoms with Crippen LogP contribution in [0.5, 0.6) is 0 Å². The number of hydrogen-bond donors (Lipinski definition) is 0. The van der Waals surface area contributed by atoms with E-state index in [0.29, 0.717) is 25.9 Å². The van der Waals surface area contributed by atoms with Crippen molar-refractivity contribution in [2.75, 3.05) is 18.0 Å². The maximum absolute atomic E-state index is 13.7. The smallest absolute Gasteiger partial charge is 0.257 e. The lowest BCUT2D eigenvalue weighted by Gasteiger charge is -2.38. The predicted molar refractivity (Wildman–Crippen MR) is 111 cm³/mol. The van der Waals surface area contributed by atoms with Crippen LogP contribution in [0.3, 0.4) is 0 Å². The van der Waals surface area contributed by atoms with Crippen LogP contribution >= 0.6 is 0 Å². The average Bonchev–Trinajstić information content (AvgIpc) is 3.27. The molecule has 0 bridgehead atoms. The standard InChI is InChI=1S/C24H24FN3O2/c1-3-17-7-9-21(26-16(17)2)27-13-11-24(12-14-27)23(29)28-20(8-10-22(28)30-24)18-5-4-6-19(25)15-18/h1,4-7,9,15,20,22H,8,10-14H2,2H3/t20-,22+/m0/s1. The van der Waals surface area contributed by atoms with Crippen molar-refractivity contribution >= 4 is 11.7 Å². The van der Waals surface area contributed by atoms with Gasteiger partial charge in [0.1, 0.15) is 17.9 Å². The van der Waals surface area contributed by atoms with E-state index in [-0.39, 0.29) is 24.0 Å². The lowest BCUT2D eigenvalue weighted by Crippen LogP contribution is -2.50. The lowest BCUT2D eigenvalue weighted by atomic mass is 9.89. The van der Waals surface area contributed by atoms with Crippen LogP contribution in [0.2, 0.25) is 0 Å². The highest BCUT2D eigenvalue weighted by Gasteiger charge is 2.58. The van der Waals surface area contributed by atoms with Gasteiger partial charge >= 0.3 is 0 Å². The highest BCUT2D eigenvalue weighted by molar-refractivity contribution is 5.88. The molecule has 3 aliphatic heterocycles. The minimum atomic E-state index is -0.777. The molecule has 1 aromatic heterocycles. The Morgan fingerprint density at radius 2 is 2.03 bits per heavy atom. The molecular weight excluding hydrogens is 381 g/mol. The van der Waals surface area contributed by atoms with Crippen LogP contribution in [-0.2, 0) is 9.53 Å². The van der Waals surface area contributed by atoms with Crippen LogP contribution < -0.4 is 4.90 Å². The zero-order chi connectivity index (χ0) is 20.9. The predicted octanol–water partition coefficient (Wildman–Crippen LogP) is 3.57. The minimum absolute atomic E-state index is 0.0470. The average molecular weight is 405 g/mol. The van der Waals surface area contributed by atoms with Crippen molar-refractivity contribution in [3.63, 3.8) is 0 Å². The van der Waals surface area contributed by atoms with E-state index in [9.17, 15) is 9.18 Å². The number of halogens is 1. The zero-order valence-corrected chi connectivity index (χ0v) is 17.0.